The molecule has 9 rings (SSSR count). The normalized spacial score (nSPS) is 13.4. The maximum Gasteiger partial charge on any atom is 0.137 e. The molecule has 0 amide bonds. The van der Waals surface area contributed by atoms with Crippen molar-refractivity contribution in [3.8, 4) is 5.82 Å². The Kier molecular flexibility index (Phi) is 9.08. The zero-order valence-corrected chi connectivity index (χ0v) is 35.2. The van der Waals surface area contributed by atoms with E-state index < -0.39 is 0 Å². The molecule has 2 aromatic heterocycles. The Bertz CT molecular complexity index is 2790. The van der Waals surface area contributed by atoms with Crippen LogP contribution in [-0.2, 0) is 22.7 Å². The smallest absolute Gasteiger partial charge is 0.137 e. The number of anilines is 4. The van der Waals surface area contributed by atoms with Crippen LogP contribution in [0.4, 0.5) is 22.7 Å². The number of benzene rings is 6. The van der Waals surface area contributed by atoms with Crippen molar-refractivity contribution in [2.45, 2.75) is 78.1 Å². The van der Waals surface area contributed by atoms with E-state index in [2.05, 4.69) is 221 Å². The minimum atomic E-state index is -0.179. The quantitative estimate of drug-likeness (QED) is 0.162. The minimum absolute atomic E-state index is 0.0166. The van der Waals surface area contributed by atoms with Gasteiger partial charge in [0.15, 0.2) is 0 Å². The number of pyridine rings is 1. The van der Waals surface area contributed by atoms with Gasteiger partial charge in [-0.25, -0.2) is 4.98 Å². The number of para-hydroxylation sites is 4. The van der Waals surface area contributed by atoms with Crippen molar-refractivity contribution in [2.24, 2.45) is 0 Å². The molecule has 1 aliphatic heterocycles. The van der Waals surface area contributed by atoms with Crippen molar-refractivity contribution in [1.82, 2.24) is 9.55 Å². The summed E-state index contributed by atoms with van der Waals surface area (Å²) < 4.78 is 2.36. The van der Waals surface area contributed by atoms with Gasteiger partial charge in [-0.3, -0.25) is 4.57 Å². The molecule has 8 aromatic rings. The largest absolute Gasteiger partial charge is 0.321 e. The van der Waals surface area contributed by atoms with Crippen molar-refractivity contribution in [3.05, 3.63) is 191 Å². The Labute approximate surface area is 344 Å². The van der Waals surface area contributed by atoms with E-state index in [0.29, 0.717) is 0 Å². The van der Waals surface area contributed by atoms with Crippen molar-refractivity contribution in [1.29, 1.82) is 0 Å². The molecule has 0 atom stereocenters. The van der Waals surface area contributed by atoms with E-state index in [0.717, 1.165) is 18.9 Å². The van der Waals surface area contributed by atoms with Crippen molar-refractivity contribution < 1.29 is 0 Å². The van der Waals surface area contributed by atoms with Gasteiger partial charge in [-0.05, 0) is 105 Å². The molecule has 6 aromatic carbocycles. The Morgan fingerprint density at radius 1 is 0.483 bits per heavy atom. The molecule has 4 heteroatoms. The van der Waals surface area contributed by atoms with E-state index in [1.54, 1.807) is 0 Å². The number of nitrogens with zero attached hydrogens (tertiary/aromatic N) is 4. The highest BCUT2D eigenvalue weighted by Crippen LogP contribution is 2.47. The molecule has 0 saturated carbocycles. The second-order valence-electron chi connectivity index (χ2n) is 18.7. The van der Waals surface area contributed by atoms with E-state index in [-0.39, 0.29) is 16.2 Å². The average molecular weight is 759 g/mol. The molecule has 0 aliphatic carbocycles. The van der Waals surface area contributed by atoms with Gasteiger partial charge in [-0.2, -0.15) is 0 Å². The monoisotopic (exact) mass is 758 g/mol. The van der Waals surface area contributed by atoms with Crippen molar-refractivity contribution in [3.63, 3.8) is 0 Å². The summed E-state index contributed by atoms with van der Waals surface area (Å²) in [6.45, 7) is 19.2. The van der Waals surface area contributed by atoms with Crippen LogP contribution in [0.3, 0.4) is 0 Å². The van der Waals surface area contributed by atoms with Crippen LogP contribution in [0.1, 0.15) is 88.8 Å². The summed E-state index contributed by atoms with van der Waals surface area (Å²) in [5, 5.41) is 2.48. The van der Waals surface area contributed by atoms with E-state index in [4.69, 9.17) is 4.98 Å². The summed E-state index contributed by atoms with van der Waals surface area (Å²) in [7, 11) is 0. The molecule has 0 fully saturated rings. The fourth-order valence-corrected chi connectivity index (χ4v) is 8.91. The maximum absolute atomic E-state index is 5.02. The molecule has 0 bridgehead atoms. The van der Waals surface area contributed by atoms with Gasteiger partial charge in [-0.15, -0.1) is 0 Å². The van der Waals surface area contributed by atoms with E-state index in [1.807, 2.05) is 6.20 Å². The van der Waals surface area contributed by atoms with Gasteiger partial charge in [-0.1, -0.05) is 152 Å². The first-order chi connectivity index (χ1) is 27.8. The molecule has 290 valence electrons. The van der Waals surface area contributed by atoms with Gasteiger partial charge in [0.05, 0.1) is 22.4 Å². The van der Waals surface area contributed by atoms with Gasteiger partial charge >= 0.3 is 0 Å². The topological polar surface area (TPSA) is 24.3 Å². The number of hydrogen-bond acceptors (Lipinski definition) is 3. The second-order valence-corrected chi connectivity index (χ2v) is 18.7. The number of rotatable bonds is 7. The van der Waals surface area contributed by atoms with Crippen LogP contribution in [0.2, 0.25) is 0 Å². The summed E-state index contributed by atoms with van der Waals surface area (Å²) in [5.41, 5.74) is 14.9. The molecular weight excluding hydrogens is 705 g/mol. The van der Waals surface area contributed by atoms with Gasteiger partial charge < -0.3 is 9.80 Å². The SMILES string of the molecule is CC(C)(C)c1cc(Cc2ccc3c4ccccc4n(-c4cc(C(C)(C)c5ccccc5)ccn4)c3c2)cc(N2CN(c3ccccc3C(C)(C)C)c3ccccc32)c1. The standard InChI is InChI=1S/C54H54N4/c1-52(2,3)41-31-38(32-42(34-41)56-36-57(49-25-17-16-24-48(49)56)47-23-15-13-21-45(47)53(4,5)6)30-37-26-27-44-43-20-12-14-22-46(43)58(50(44)33-37)51-35-40(28-29-55-51)54(7,8)39-18-10-9-11-19-39/h9-29,31-35H,30,36H2,1-8H3. The lowest BCUT2D eigenvalue weighted by atomic mass is 9.78. The van der Waals surface area contributed by atoms with Crippen LogP contribution in [0.5, 0.6) is 0 Å². The zero-order valence-electron chi connectivity index (χ0n) is 35.2. The van der Waals surface area contributed by atoms with Crippen LogP contribution in [0.25, 0.3) is 27.6 Å². The summed E-state index contributed by atoms with van der Waals surface area (Å²) in [5.74, 6) is 0.937. The Morgan fingerprint density at radius 2 is 1.14 bits per heavy atom. The Morgan fingerprint density at radius 3 is 1.88 bits per heavy atom. The Hall–Kier alpha value is -6.13. The van der Waals surface area contributed by atoms with E-state index in [9.17, 15) is 0 Å². The highest BCUT2D eigenvalue weighted by Gasteiger charge is 2.32. The molecule has 3 heterocycles. The van der Waals surface area contributed by atoms with Crippen LogP contribution in [0, 0.1) is 0 Å². The van der Waals surface area contributed by atoms with Crippen LogP contribution in [-0.4, -0.2) is 16.2 Å². The molecule has 58 heavy (non-hydrogen) atoms. The maximum atomic E-state index is 5.02. The molecule has 0 saturated heterocycles. The van der Waals surface area contributed by atoms with Gasteiger partial charge in [0.25, 0.3) is 0 Å². The highest BCUT2D eigenvalue weighted by atomic mass is 15.4. The first-order valence-electron chi connectivity index (χ1n) is 20.7. The number of aromatic nitrogens is 2. The van der Waals surface area contributed by atoms with Crippen LogP contribution < -0.4 is 9.80 Å². The molecular formula is C54H54N4. The first kappa shape index (κ1) is 37.4. The van der Waals surface area contributed by atoms with Gasteiger partial charge in [0, 0.05) is 33.8 Å². The van der Waals surface area contributed by atoms with Crippen LogP contribution in [0.15, 0.2) is 158 Å². The van der Waals surface area contributed by atoms with E-state index in [1.165, 1.54) is 77.9 Å². The van der Waals surface area contributed by atoms with Crippen LogP contribution >= 0.6 is 0 Å². The summed E-state index contributed by atoms with van der Waals surface area (Å²) >= 11 is 0. The third kappa shape index (κ3) is 6.65. The Balaban J connectivity index is 1.13. The lowest BCUT2D eigenvalue weighted by Gasteiger charge is -2.30. The number of fused-ring (bicyclic) bond motifs is 4. The summed E-state index contributed by atoms with van der Waals surface area (Å²) in [4.78, 5) is 10.0. The van der Waals surface area contributed by atoms with Crippen molar-refractivity contribution >= 4 is 44.6 Å². The lowest BCUT2D eigenvalue weighted by Crippen LogP contribution is -2.27. The van der Waals surface area contributed by atoms with Gasteiger partial charge in [0.1, 0.15) is 12.5 Å². The molecule has 0 N–H and O–H groups in total. The van der Waals surface area contributed by atoms with Crippen molar-refractivity contribution in [2.75, 3.05) is 16.5 Å². The third-order valence-corrected chi connectivity index (χ3v) is 12.2. The molecule has 1 aliphatic rings. The lowest BCUT2D eigenvalue weighted by molar-refractivity contribution is 0.588. The highest BCUT2D eigenvalue weighted by molar-refractivity contribution is 6.09. The fourth-order valence-electron chi connectivity index (χ4n) is 8.91. The number of hydrogen-bond donors (Lipinski definition) is 0. The third-order valence-electron chi connectivity index (χ3n) is 12.2. The molecule has 0 spiro atoms. The summed E-state index contributed by atoms with van der Waals surface area (Å²) in [6.07, 6.45) is 2.79. The fraction of sp³-hybridized carbons (Fsp3) is 0.241. The van der Waals surface area contributed by atoms with Gasteiger partial charge in [0.2, 0.25) is 0 Å². The molecule has 0 radical (unpaired) electrons. The zero-order chi connectivity index (χ0) is 40.4. The first-order valence-corrected chi connectivity index (χ1v) is 20.7. The second kappa shape index (κ2) is 14.1. The molecule has 0 unspecified atom stereocenters. The van der Waals surface area contributed by atoms with E-state index >= 15 is 0 Å². The molecule has 4 nitrogen and oxygen atoms in total. The summed E-state index contributed by atoms with van der Waals surface area (Å²) in [6, 6.07) is 56.0. The predicted molar refractivity (Wildman–Crippen MR) is 246 cm³/mol. The predicted octanol–water partition coefficient (Wildman–Crippen LogP) is 13.9. The minimum Gasteiger partial charge on any atom is -0.321 e. The average Bonchev–Trinajstić information content (AvgIpc) is 3.77.